The number of alkyl halides is 3. The number of carbonyl (C=O) groups is 1. The van der Waals surface area contributed by atoms with Gasteiger partial charge in [0.25, 0.3) is 0 Å². The van der Waals surface area contributed by atoms with Gasteiger partial charge in [-0.25, -0.2) is 23.7 Å². The molecule has 1 amide bonds. The van der Waals surface area contributed by atoms with Gasteiger partial charge in [-0.1, -0.05) is 17.3 Å². The Morgan fingerprint density at radius 1 is 1.22 bits per heavy atom. The van der Waals surface area contributed by atoms with Gasteiger partial charge in [-0.15, -0.1) is 5.10 Å². The lowest BCUT2D eigenvalue weighted by atomic mass is 10.1. The maximum Gasteiger partial charge on any atom is 0.419 e. The van der Waals surface area contributed by atoms with Crippen LogP contribution in [-0.4, -0.2) is 33.0 Å². The third kappa shape index (κ3) is 5.59. The van der Waals surface area contributed by atoms with Gasteiger partial charge in [0, 0.05) is 18.9 Å². The van der Waals surface area contributed by atoms with Crippen LogP contribution < -0.4 is 16.9 Å². The molecule has 5 N–H and O–H groups in total. The van der Waals surface area contributed by atoms with Crippen LogP contribution in [0.25, 0.3) is 11.3 Å². The zero-order valence-electron chi connectivity index (χ0n) is 18.9. The third-order valence-electron chi connectivity index (χ3n) is 5.23. The number of amides is 1. The first-order chi connectivity index (χ1) is 16.8. The van der Waals surface area contributed by atoms with Crippen LogP contribution in [0.5, 0.6) is 0 Å². The number of aromatic nitrogens is 3. The highest BCUT2D eigenvalue weighted by molar-refractivity contribution is 5.92. The molecule has 0 saturated carbocycles. The molecule has 14 heteroatoms. The van der Waals surface area contributed by atoms with Crippen LogP contribution in [0.1, 0.15) is 24.1 Å². The van der Waals surface area contributed by atoms with Crippen LogP contribution in [0.3, 0.4) is 0 Å². The summed E-state index contributed by atoms with van der Waals surface area (Å²) in [6.07, 6.45) is -3.22. The Labute approximate surface area is 201 Å². The van der Waals surface area contributed by atoms with Crippen molar-refractivity contribution in [3.05, 3.63) is 77.0 Å². The van der Waals surface area contributed by atoms with Gasteiger partial charge in [0.2, 0.25) is 5.91 Å². The Bertz CT molecular complexity index is 1280. The van der Waals surface area contributed by atoms with Crippen LogP contribution in [0.4, 0.5) is 32.0 Å². The second kappa shape index (κ2) is 10.3. The van der Waals surface area contributed by atoms with E-state index in [0.717, 1.165) is 24.3 Å². The van der Waals surface area contributed by atoms with Crippen molar-refractivity contribution in [2.75, 3.05) is 12.4 Å². The third-order valence-corrected chi connectivity index (χ3v) is 5.23. The van der Waals surface area contributed by atoms with Gasteiger partial charge >= 0.3 is 6.18 Å². The van der Waals surface area contributed by atoms with Gasteiger partial charge in [0.1, 0.15) is 23.1 Å². The van der Waals surface area contributed by atoms with Gasteiger partial charge in [0.15, 0.2) is 0 Å². The molecule has 1 heterocycles. The van der Waals surface area contributed by atoms with Crippen LogP contribution in [0, 0.1) is 17.5 Å². The number of nitrogens with two attached hydrogens (primary N) is 2. The second-order valence-electron chi connectivity index (χ2n) is 7.78. The van der Waals surface area contributed by atoms with Crippen molar-refractivity contribution in [3.8, 4) is 11.3 Å². The molecule has 0 bridgehead atoms. The molecule has 3 aromatic rings. The Balaban J connectivity index is 1.80. The van der Waals surface area contributed by atoms with E-state index in [-0.39, 0.29) is 11.4 Å². The molecule has 192 valence electrons. The normalized spacial score (nSPS) is 13.0. The Morgan fingerprint density at radius 2 is 1.86 bits per heavy atom. The second-order valence-corrected chi connectivity index (χ2v) is 7.78. The number of benzene rings is 2. The minimum Gasteiger partial charge on any atom is -0.403 e. The number of anilines is 1. The Kier molecular flexibility index (Phi) is 7.57. The maximum absolute atomic E-state index is 14.8. The number of hydrogen-bond donors (Lipinski definition) is 3. The first-order valence-electron chi connectivity index (χ1n) is 10.3. The molecule has 1 atom stereocenters. The van der Waals surface area contributed by atoms with Gasteiger partial charge in [-0.05, 0) is 30.7 Å². The first kappa shape index (κ1) is 26.5. The summed E-state index contributed by atoms with van der Waals surface area (Å²) in [6, 6.07) is 3.56. The van der Waals surface area contributed by atoms with E-state index in [9.17, 15) is 31.1 Å². The van der Waals surface area contributed by atoms with E-state index in [2.05, 4.69) is 15.6 Å². The van der Waals surface area contributed by atoms with E-state index >= 15 is 0 Å². The molecule has 1 aromatic heterocycles. The van der Waals surface area contributed by atoms with Gasteiger partial charge in [-0.3, -0.25) is 4.79 Å². The monoisotopic (exact) mass is 513 g/mol. The zero-order valence-corrected chi connectivity index (χ0v) is 18.9. The standard InChI is InChI=1S/C22H21F6N7O/c1-11(18(9-29)34(2)30)35-10-17(32-33-35)20-15(23)7-13(8-16(20)24)31-19(36)6-12-4-3-5-14(21(12)25)22(26,27)28/h3-5,7-11H,6,29-30H2,1-2H3,(H,31,36)/b18-9-. The summed E-state index contributed by atoms with van der Waals surface area (Å²) in [7, 11) is 1.54. The largest absolute Gasteiger partial charge is 0.419 e. The molecule has 3 rings (SSSR count). The highest BCUT2D eigenvalue weighted by atomic mass is 19.4. The van der Waals surface area contributed by atoms with E-state index in [4.69, 9.17) is 11.6 Å². The molecule has 0 fully saturated rings. The highest BCUT2D eigenvalue weighted by Gasteiger charge is 2.35. The fourth-order valence-corrected chi connectivity index (χ4v) is 3.47. The number of carbonyl (C=O) groups excluding carboxylic acids is 1. The molecule has 0 saturated heterocycles. The van der Waals surface area contributed by atoms with E-state index in [1.165, 1.54) is 22.1 Å². The number of nitrogens with zero attached hydrogens (tertiary/aromatic N) is 4. The van der Waals surface area contributed by atoms with Crippen molar-refractivity contribution in [1.29, 1.82) is 0 Å². The van der Waals surface area contributed by atoms with Crippen LogP contribution in [0.2, 0.25) is 0 Å². The number of hydrogen-bond acceptors (Lipinski definition) is 6. The lowest BCUT2D eigenvalue weighted by Gasteiger charge is -2.21. The van der Waals surface area contributed by atoms with E-state index in [1.54, 1.807) is 14.0 Å². The fraction of sp³-hybridized carbons (Fsp3) is 0.227. The summed E-state index contributed by atoms with van der Waals surface area (Å²) in [5, 5.41) is 11.0. The first-order valence-corrected chi connectivity index (χ1v) is 10.3. The Hall–Kier alpha value is -4.07. The smallest absolute Gasteiger partial charge is 0.403 e. The van der Waals surface area contributed by atoms with Crippen molar-refractivity contribution in [2.45, 2.75) is 25.6 Å². The summed E-state index contributed by atoms with van der Waals surface area (Å²) >= 11 is 0. The predicted molar refractivity (Wildman–Crippen MR) is 118 cm³/mol. The summed E-state index contributed by atoms with van der Waals surface area (Å²) in [6.45, 7) is 1.68. The molecular formula is C22H21F6N7O. The molecule has 0 aliphatic heterocycles. The molecule has 1 unspecified atom stereocenters. The van der Waals surface area contributed by atoms with Crippen molar-refractivity contribution in [1.82, 2.24) is 20.0 Å². The van der Waals surface area contributed by atoms with Crippen molar-refractivity contribution in [3.63, 3.8) is 0 Å². The quantitative estimate of drug-likeness (QED) is 0.252. The van der Waals surface area contributed by atoms with Gasteiger partial charge in [0.05, 0.1) is 35.5 Å². The zero-order chi connectivity index (χ0) is 26.8. The lowest BCUT2D eigenvalue weighted by molar-refractivity contribution is -0.140. The molecule has 2 aromatic carbocycles. The number of hydrazine groups is 1. The maximum atomic E-state index is 14.8. The molecule has 36 heavy (non-hydrogen) atoms. The van der Waals surface area contributed by atoms with E-state index in [1.807, 2.05) is 0 Å². The van der Waals surface area contributed by atoms with E-state index in [0.29, 0.717) is 11.8 Å². The number of allylic oxidation sites excluding steroid dienone is 1. The number of halogens is 6. The number of likely N-dealkylation sites (N-methyl/N-ethyl adjacent to an activating group) is 1. The molecule has 8 nitrogen and oxygen atoms in total. The molecule has 0 radical (unpaired) electrons. The number of rotatable bonds is 7. The SMILES string of the molecule is CC(/C(=C/N)N(C)N)n1cc(-c2c(F)cc(NC(=O)Cc3cccc(C(F)(F)F)c3F)cc2F)nn1. The average molecular weight is 513 g/mol. The summed E-state index contributed by atoms with van der Waals surface area (Å²) in [5.41, 5.74) is 2.92. The van der Waals surface area contributed by atoms with Crippen molar-refractivity contribution < 1.29 is 31.1 Å². The van der Waals surface area contributed by atoms with Crippen LogP contribution in [0.15, 0.2) is 48.4 Å². The minimum absolute atomic E-state index is 0.156. The van der Waals surface area contributed by atoms with Gasteiger partial charge < -0.3 is 16.1 Å². The lowest BCUT2D eigenvalue weighted by Crippen LogP contribution is -2.30. The summed E-state index contributed by atoms with van der Waals surface area (Å²) in [4.78, 5) is 12.2. The van der Waals surface area contributed by atoms with Crippen molar-refractivity contribution >= 4 is 11.6 Å². The highest BCUT2D eigenvalue weighted by Crippen LogP contribution is 2.33. The van der Waals surface area contributed by atoms with E-state index < -0.39 is 58.7 Å². The molecule has 0 aliphatic carbocycles. The topological polar surface area (TPSA) is 115 Å². The summed E-state index contributed by atoms with van der Waals surface area (Å²) in [5.74, 6) is 0.918. The number of nitrogens with one attached hydrogen (secondary N) is 1. The Morgan fingerprint density at radius 3 is 2.42 bits per heavy atom. The van der Waals surface area contributed by atoms with Crippen molar-refractivity contribution in [2.24, 2.45) is 11.6 Å². The molecule has 0 aliphatic rings. The average Bonchev–Trinajstić information content (AvgIpc) is 3.23. The summed E-state index contributed by atoms with van der Waals surface area (Å²) < 4.78 is 83.6. The van der Waals surface area contributed by atoms with Crippen LogP contribution in [-0.2, 0) is 17.4 Å². The molecular weight excluding hydrogens is 492 g/mol. The fourth-order valence-electron chi connectivity index (χ4n) is 3.47. The van der Waals surface area contributed by atoms with Crippen LogP contribution >= 0.6 is 0 Å². The molecule has 0 spiro atoms. The predicted octanol–water partition coefficient (Wildman–Crippen LogP) is 3.73. The minimum atomic E-state index is -4.94. The van der Waals surface area contributed by atoms with Gasteiger partial charge in [-0.2, -0.15) is 13.2 Å².